The number of hydrogen-bond donors (Lipinski definition) is 1. The summed E-state index contributed by atoms with van der Waals surface area (Å²) in [6.07, 6.45) is 3.86. The van der Waals surface area contributed by atoms with Crippen LogP contribution in [-0.4, -0.2) is 17.4 Å². The van der Waals surface area contributed by atoms with E-state index in [2.05, 4.69) is 0 Å². The van der Waals surface area contributed by atoms with E-state index in [0.29, 0.717) is 5.12 Å². The maximum Gasteiger partial charge on any atom is 0.188 e. The van der Waals surface area contributed by atoms with Crippen molar-refractivity contribution < 1.29 is 4.79 Å². The fraction of sp³-hybridized carbons (Fsp3) is 0.875. The standard InChI is InChI=1S/C8H17NOS/c1-2-11-8(10)6-4-3-5-7-9/h2-7,9H2,1H3. The van der Waals surface area contributed by atoms with E-state index in [0.717, 1.165) is 38.0 Å². The van der Waals surface area contributed by atoms with Crippen LogP contribution in [0, 0.1) is 0 Å². The molecular formula is C8H17NOS. The van der Waals surface area contributed by atoms with Gasteiger partial charge < -0.3 is 5.73 Å². The number of unbranched alkanes of at least 4 members (excludes halogenated alkanes) is 2. The van der Waals surface area contributed by atoms with E-state index >= 15 is 0 Å². The summed E-state index contributed by atoms with van der Waals surface area (Å²) in [4.78, 5) is 10.9. The van der Waals surface area contributed by atoms with Gasteiger partial charge in [0.25, 0.3) is 0 Å². The summed E-state index contributed by atoms with van der Waals surface area (Å²) in [5, 5.41) is 0.324. The summed E-state index contributed by atoms with van der Waals surface area (Å²) in [5.41, 5.74) is 5.31. The molecule has 11 heavy (non-hydrogen) atoms. The van der Waals surface area contributed by atoms with Crippen LogP contribution in [0.2, 0.25) is 0 Å². The van der Waals surface area contributed by atoms with Crippen molar-refractivity contribution in [2.24, 2.45) is 5.73 Å². The van der Waals surface area contributed by atoms with Crippen LogP contribution in [0.1, 0.15) is 32.6 Å². The van der Waals surface area contributed by atoms with Crippen LogP contribution in [0.25, 0.3) is 0 Å². The largest absolute Gasteiger partial charge is 0.330 e. The smallest absolute Gasteiger partial charge is 0.188 e. The average Bonchev–Trinajstić information content (AvgIpc) is 1.99. The van der Waals surface area contributed by atoms with Crippen LogP contribution >= 0.6 is 11.8 Å². The van der Waals surface area contributed by atoms with Gasteiger partial charge in [-0.1, -0.05) is 25.1 Å². The number of carbonyl (C=O) groups is 1. The van der Waals surface area contributed by atoms with Crippen LogP contribution in [0.15, 0.2) is 0 Å². The lowest BCUT2D eigenvalue weighted by Gasteiger charge is -1.97. The van der Waals surface area contributed by atoms with Crippen molar-refractivity contribution in [3.63, 3.8) is 0 Å². The molecule has 0 atom stereocenters. The van der Waals surface area contributed by atoms with E-state index in [1.807, 2.05) is 6.92 Å². The predicted molar refractivity (Wildman–Crippen MR) is 50.7 cm³/mol. The molecule has 0 heterocycles. The Hall–Kier alpha value is -0.0200. The van der Waals surface area contributed by atoms with Gasteiger partial charge in [0, 0.05) is 6.42 Å². The molecule has 0 aliphatic heterocycles. The molecular weight excluding hydrogens is 158 g/mol. The molecule has 0 rings (SSSR count). The van der Waals surface area contributed by atoms with Gasteiger partial charge in [-0.05, 0) is 25.1 Å². The van der Waals surface area contributed by atoms with Crippen molar-refractivity contribution >= 4 is 16.9 Å². The van der Waals surface area contributed by atoms with Crippen LogP contribution in [0.4, 0.5) is 0 Å². The molecule has 66 valence electrons. The molecule has 0 amide bonds. The monoisotopic (exact) mass is 175 g/mol. The van der Waals surface area contributed by atoms with Gasteiger partial charge in [-0.2, -0.15) is 0 Å². The summed E-state index contributed by atoms with van der Waals surface area (Å²) >= 11 is 1.42. The number of nitrogens with two attached hydrogens (primary N) is 1. The van der Waals surface area contributed by atoms with Crippen molar-refractivity contribution in [2.45, 2.75) is 32.6 Å². The van der Waals surface area contributed by atoms with Crippen LogP contribution in [0.5, 0.6) is 0 Å². The first-order valence-corrected chi connectivity index (χ1v) is 5.15. The Balaban J connectivity index is 3.04. The number of rotatable bonds is 6. The lowest BCUT2D eigenvalue weighted by molar-refractivity contribution is -0.111. The Morgan fingerprint density at radius 2 is 2.09 bits per heavy atom. The van der Waals surface area contributed by atoms with Crippen molar-refractivity contribution in [3.8, 4) is 0 Å². The van der Waals surface area contributed by atoms with Crippen LogP contribution in [0.3, 0.4) is 0 Å². The maximum absolute atomic E-state index is 10.9. The Kier molecular flexibility index (Phi) is 8.07. The quantitative estimate of drug-likeness (QED) is 0.626. The lowest BCUT2D eigenvalue weighted by atomic mass is 10.2. The molecule has 0 saturated carbocycles. The van der Waals surface area contributed by atoms with Gasteiger partial charge in [-0.15, -0.1) is 0 Å². The topological polar surface area (TPSA) is 43.1 Å². The van der Waals surface area contributed by atoms with E-state index in [-0.39, 0.29) is 0 Å². The minimum Gasteiger partial charge on any atom is -0.330 e. The molecule has 0 radical (unpaired) electrons. The second-order valence-electron chi connectivity index (χ2n) is 2.40. The van der Waals surface area contributed by atoms with Gasteiger partial charge in [0.1, 0.15) is 0 Å². The highest BCUT2D eigenvalue weighted by molar-refractivity contribution is 8.13. The zero-order valence-electron chi connectivity index (χ0n) is 7.14. The Morgan fingerprint density at radius 1 is 1.36 bits per heavy atom. The zero-order valence-corrected chi connectivity index (χ0v) is 7.95. The molecule has 0 saturated heterocycles. The van der Waals surface area contributed by atoms with Gasteiger partial charge in [0.05, 0.1) is 0 Å². The molecule has 0 spiro atoms. The lowest BCUT2D eigenvalue weighted by Crippen LogP contribution is -1.99. The zero-order chi connectivity index (χ0) is 8.53. The number of hydrogen-bond acceptors (Lipinski definition) is 3. The van der Waals surface area contributed by atoms with E-state index in [1.165, 1.54) is 11.8 Å². The SMILES string of the molecule is CCSC(=O)CCCCCN. The molecule has 0 aromatic rings. The highest BCUT2D eigenvalue weighted by atomic mass is 32.2. The summed E-state index contributed by atoms with van der Waals surface area (Å²) in [6, 6.07) is 0. The second kappa shape index (κ2) is 8.08. The highest BCUT2D eigenvalue weighted by Crippen LogP contribution is 2.08. The fourth-order valence-electron chi connectivity index (χ4n) is 0.824. The first-order valence-electron chi connectivity index (χ1n) is 4.17. The molecule has 0 bridgehead atoms. The van der Waals surface area contributed by atoms with Gasteiger partial charge in [0.2, 0.25) is 0 Å². The van der Waals surface area contributed by atoms with Crippen molar-refractivity contribution in [1.29, 1.82) is 0 Å². The minimum atomic E-state index is 0.324. The third kappa shape index (κ3) is 7.88. The Bertz CT molecular complexity index is 106. The normalized spacial score (nSPS) is 10.0. The molecule has 2 nitrogen and oxygen atoms in total. The predicted octanol–water partition coefficient (Wildman–Crippen LogP) is 1.79. The molecule has 0 aromatic carbocycles. The third-order valence-electron chi connectivity index (χ3n) is 1.39. The van der Waals surface area contributed by atoms with E-state index in [1.54, 1.807) is 0 Å². The Labute approximate surface area is 72.9 Å². The highest BCUT2D eigenvalue weighted by Gasteiger charge is 1.99. The summed E-state index contributed by atoms with van der Waals surface area (Å²) in [7, 11) is 0. The molecule has 0 aliphatic rings. The van der Waals surface area contributed by atoms with Crippen molar-refractivity contribution in [2.75, 3.05) is 12.3 Å². The van der Waals surface area contributed by atoms with Gasteiger partial charge in [-0.25, -0.2) is 0 Å². The van der Waals surface area contributed by atoms with E-state index in [9.17, 15) is 4.79 Å². The Morgan fingerprint density at radius 3 is 2.64 bits per heavy atom. The van der Waals surface area contributed by atoms with Crippen molar-refractivity contribution in [1.82, 2.24) is 0 Å². The maximum atomic E-state index is 10.9. The molecule has 0 aliphatic carbocycles. The fourth-order valence-corrected chi connectivity index (χ4v) is 1.43. The summed E-state index contributed by atoms with van der Waals surface area (Å²) < 4.78 is 0. The molecule has 0 unspecified atom stereocenters. The minimum absolute atomic E-state index is 0.324. The molecule has 0 fully saturated rings. The van der Waals surface area contributed by atoms with E-state index in [4.69, 9.17) is 5.73 Å². The number of carbonyl (C=O) groups excluding carboxylic acids is 1. The van der Waals surface area contributed by atoms with Gasteiger partial charge >= 0.3 is 0 Å². The number of thioether (sulfide) groups is 1. The van der Waals surface area contributed by atoms with E-state index < -0.39 is 0 Å². The summed E-state index contributed by atoms with van der Waals surface area (Å²) in [6.45, 7) is 2.75. The van der Waals surface area contributed by atoms with Crippen molar-refractivity contribution in [3.05, 3.63) is 0 Å². The van der Waals surface area contributed by atoms with Gasteiger partial charge in [-0.3, -0.25) is 4.79 Å². The second-order valence-corrected chi connectivity index (χ2v) is 3.73. The first kappa shape index (κ1) is 11.0. The molecule has 0 aromatic heterocycles. The molecule has 2 N–H and O–H groups in total. The summed E-state index contributed by atoms with van der Waals surface area (Å²) in [5.74, 6) is 0.899. The van der Waals surface area contributed by atoms with Crippen LogP contribution < -0.4 is 5.73 Å². The molecule has 3 heteroatoms. The first-order chi connectivity index (χ1) is 5.31. The van der Waals surface area contributed by atoms with Crippen LogP contribution in [-0.2, 0) is 4.79 Å². The van der Waals surface area contributed by atoms with Gasteiger partial charge in [0.15, 0.2) is 5.12 Å². The average molecular weight is 175 g/mol. The third-order valence-corrected chi connectivity index (χ3v) is 2.21.